The molecule has 1 aromatic rings. The van der Waals surface area contributed by atoms with Gasteiger partial charge in [-0.15, -0.1) is 24.0 Å². The fourth-order valence-corrected chi connectivity index (χ4v) is 1.46. The summed E-state index contributed by atoms with van der Waals surface area (Å²) in [6.07, 6.45) is 4.38. The van der Waals surface area contributed by atoms with E-state index in [1.165, 1.54) is 12.8 Å². The van der Waals surface area contributed by atoms with Gasteiger partial charge < -0.3 is 15.1 Å². The molecular formula is C12H20IN3O. The van der Waals surface area contributed by atoms with E-state index in [-0.39, 0.29) is 24.0 Å². The van der Waals surface area contributed by atoms with Gasteiger partial charge in [0.25, 0.3) is 0 Å². The van der Waals surface area contributed by atoms with Gasteiger partial charge in [-0.25, -0.2) is 4.99 Å². The van der Waals surface area contributed by atoms with Gasteiger partial charge in [-0.1, -0.05) is 0 Å². The van der Waals surface area contributed by atoms with Crippen LogP contribution in [0.15, 0.2) is 27.8 Å². The van der Waals surface area contributed by atoms with Crippen LogP contribution in [0.5, 0.6) is 0 Å². The van der Waals surface area contributed by atoms with E-state index in [9.17, 15) is 0 Å². The van der Waals surface area contributed by atoms with E-state index >= 15 is 0 Å². The maximum absolute atomic E-state index is 5.24. The Balaban J connectivity index is 0.00000144. The molecule has 2 N–H and O–H groups in total. The van der Waals surface area contributed by atoms with Crippen molar-refractivity contribution in [2.24, 2.45) is 10.9 Å². The van der Waals surface area contributed by atoms with E-state index in [1.54, 1.807) is 6.26 Å². The normalized spacial score (nSPS) is 15.2. The standard InChI is InChI=1S/C12H19N3O.HI/c1-2-13-12(14-8-10-5-6-10)15-9-11-4-3-7-16-11;/h3-4,7,10H,2,5-6,8-9H2,1H3,(H2,13,14,15);1H. The highest BCUT2D eigenvalue weighted by molar-refractivity contribution is 14.0. The summed E-state index contributed by atoms with van der Waals surface area (Å²) in [6, 6.07) is 3.82. The van der Waals surface area contributed by atoms with Crippen LogP contribution in [0, 0.1) is 5.92 Å². The number of guanidine groups is 1. The van der Waals surface area contributed by atoms with Crippen molar-refractivity contribution < 1.29 is 4.42 Å². The quantitative estimate of drug-likeness (QED) is 0.488. The molecule has 0 aromatic carbocycles. The molecule has 1 aliphatic rings. The van der Waals surface area contributed by atoms with Gasteiger partial charge in [-0.05, 0) is 37.8 Å². The Hall–Kier alpha value is -0.720. The number of halogens is 1. The highest BCUT2D eigenvalue weighted by Gasteiger charge is 2.20. The molecule has 1 aliphatic carbocycles. The third kappa shape index (κ3) is 5.43. The molecule has 0 spiro atoms. The maximum Gasteiger partial charge on any atom is 0.191 e. The zero-order valence-corrected chi connectivity index (χ0v) is 12.4. The van der Waals surface area contributed by atoms with Crippen molar-refractivity contribution in [3.8, 4) is 0 Å². The third-order valence-electron chi connectivity index (χ3n) is 2.57. The van der Waals surface area contributed by atoms with Crippen LogP contribution in [0.1, 0.15) is 25.5 Å². The summed E-state index contributed by atoms with van der Waals surface area (Å²) in [5.41, 5.74) is 0. The van der Waals surface area contributed by atoms with Crippen molar-refractivity contribution in [1.29, 1.82) is 0 Å². The largest absolute Gasteiger partial charge is 0.467 e. The molecule has 0 atom stereocenters. The molecule has 1 saturated carbocycles. The molecule has 0 saturated heterocycles. The monoisotopic (exact) mass is 349 g/mol. The maximum atomic E-state index is 5.24. The lowest BCUT2D eigenvalue weighted by Gasteiger charge is -2.09. The fourth-order valence-electron chi connectivity index (χ4n) is 1.46. The Morgan fingerprint density at radius 3 is 2.88 bits per heavy atom. The first-order valence-corrected chi connectivity index (χ1v) is 5.93. The van der Waals surface area contributed by atoms with Gasteiger partial charge in [0.2, 0.25) is 0 Å². The van der Waals surface area contributed by atoms with Gasteiger partial charge in [-0.3, -0.25) is 0 Å². The molecule has 0 unspecified atom stereocenters. The van der Waals surface area contributed by atoms with Crippen LogP contribution >= 0.6 is 24.0 Å². The number of hydrogen-bond donors (Lipinski definition) is 2. The van der Waals surface area contributed by atoms with Crippen molar-refractivity contribution in [2.45, 2.75) is 26.3 Å². The van der Waals surface area contributed by atoms with Crippen LogP contribution in [0.4, 0.5) is 0 Å². The predicted molar refractivity (Wildman–Crippen MR) is 79.7 cm³/mol. The second-order valence-corrected chi connectivity index (χ2v) is 4.10. The summed E-state index contributed by atoms with van der Waals surface area (Å²) in [6.45, 7) is 4.58. The smallest absolute Gasteiger partial charge is 0.191 e. The van der Waals surface area contributed by atoms with Crippen molar-refractivity contribution in [3.05, 3.63) is 24.2 Å². The van der Waals surface area contributed by atoms with E-state index in [1.807, 2.05) is 12.1 Å². The van der Waals surface area contributed by atoms with Crippen molar-refractivity contribution in [1.82, 2.24) is 10.6 Å². The molecule has 0 amide bonds. The molecule has 2 rings (SSSR count). The number of nitrogens with one attached hydrogen (secondary N) is 2. The van der Waals surface area contributed by atoms with Crippen LogP contribution in [0.25, 0.3) is 0 Å². The van der Waals surface area contributed by atoms with Crippen LogP contribution in [0.3, 0.4) is 0 Å². The lowest BCUT2D eigenvalue weighted by Crippen LogP contribution is -2.38. The SMILES string of the molecule is CCNC(=NCc1ccco1)NCC1CC1.I. The predicted octanol–water partition coefficient (Wildman–Crippen LogP) is 2.36. The van der Waals surface area contributed by atoms with Gasteiger partial charge in [-0.2, -0.15) is 0 Å². The molecule has 96 valence electrons. The van der Waals surface area contributed by atoms with Crippen molar-refractivity contribution in [3.63, 3.8) is 0 Å². The minimum absolute atomic E-state index is 0. The zero-order valence-electron chi connectivity index (χ0n) is 10.1. The van der Waals surface area contributed by atoms with Gasteiger partial charge in [0, 0.05) is 13.1 Å². The van der Waals surface area contributed by atoms with Gasteiger partial charge in [0.05, 0.1) is 6.26 Å². The van der Waals surface area contributed by atoms with Gasteiger partial charge in [0.1, 0.15) is 12.3 Å². The van der Waals surface area contributed by atoms with Crippen LogP contribution < -0.4 is 10.6 Å². The van der Waals surface area contributed by atoms with E-state index in [2.05, 4.69) is 22.5 Å². The van der Waals surface area contributed by atoms with E-state index < -0.39 is 0 Å². The molecule has 1 heterocycles. The summed E-state index contributed by atoms with van der Waals surface area (Å²) in [4.78, 5) is 4.46. The minimum atomic E-state index is 0. The molecule has 0 bridgehead atoms. The first-order valence-electron chi connectivity index (χ1n) is 5.93. The van der Waals surface area contributed by atoms with Crippen molar-refractivity contribution >= 4 is 29.9 Å². The Labute approximate surface area is 119 Å². The third-order valence-corrected chi connectivity index (χ3v) is 2.57. The Morgan fingerprint density at radius 1 is 1.47 bits per heavy atom. The highest BCUT2D eigenvalue weighted by atomic mass is 127. The van der Waals surface area contributed by atoms with E-state index in [0.717, 1.165) is 30.7 Å². The Kier molecular flexibility index (Phi) is 6.39. The van der Waals surface area contributed by atoms with Crippen LogP contribution in [-0.4, -0.2) is 19.0 Å². The van der Waals surface area contributed by atoms with E-state index in [0.29, 0.717) is 6.54 Å². The Bertz CT molecular complexity index is 334. The van der Waals surface area contributed by atoms with Crippen LogP contribution in [-0.2, 0) is 6.54 Å². The molecule has 1 aromatic heterocycles. The summed E-state index contributed by atoms with van der Waals surface area (Å²) in [5.74, 6) is 2.63. The molecule has 0 radical (unpaired) electrons. The Morgan fingerprint density at radius 2 is 2.29 bits per heavy atom. The number of hydrogen-bond acceptors (Lipinski definition) is 2. The lowest BCUT2D eigenvalue weighted by atomic mass is 10.4. The van der Waals surface area contributed by atoms with Gasteiger partial charge >= 0.3 is 0 Å². The molecule has 1 fully saturated rings. The van der Waals surface area contributed by atoms with Crippen molar-refractivity contribution in [2.75, 3.05) is 13.1 Å². The second-order valence-electron chi connectivity index (χ2n) is 4.10. The number of aliphatic imine (C=N–C) groups is 1. The zero-order chi connectivity index (χ0) is 11.2. The first kappa shape index (κ1) is 14.3. The molecule has 4 nitrogen and oxygen atoms in total. The summed E-state index contributed by atoms with van der Waals surface area (Å²) >= 11 is 0. The van der Waals surface area contributed by atoms with Gasteiger partial charge in [0.15, 0.2) is 5.96 Å². The highest BCUT2D eigenvalue weighted by Crippen LogP contribution is 2.27. The summed E-state index contributed by atoms with van der Waals surface area (Å²) in [7, 11) is 0. The summed E-state index contributed by atoms with van der Waals surface area (Å²) in [5, 5.41) is 6.57. The topological polar surface area (TPSA) is 49.6 Å². The fraction of sp³-hybridized carbons (Fsp3) is 0.583. The summed E-state index contributed by atoms with van der Waals surface area (Å²) < 4.78 is 5.24. The average Bonchev–Trinajstić information content (AvgIpc) is 2.97. The minimum Gasteiger partial charge on any atom is -0.467 e. The average molecular weight is 349 g/mol. The van der Waals surface area contributed by atoms with E-state index in [4.69, 9.17) is 4.42 Å². The number of rotatable bonds is 5. The molecule has 5 heteroatoms. The molecule has 0 aliphatic heterocycles. The van der Waals surface area contributed by atoms with Crippen LogP contribution in [0.2, 0.25) is 0 Å². The second kappa shape index (κ2) is 7.58. The lowest BCUT2D eigenvalue weighted by molar-refractivity contribution is 0.512. The molecular weight excluding hydrogens is 329 g/mol. The molecule has 17 heavy (non-hydrogen) atoms. The number of furan rings is 1. The first-order chi connectivity index (χ1) is 7.88. The number of nitrogens with zero attached hydrogens (tertiary/aromatic N) is 1.